The summed E-state index contributed by atoms with van der Waals surface area (Å²) in [5, 5.41) is 22.8. The van der Waals surface area contributed by atoms with Gasteiger partial charge in [-0.15, -0.1) is 0 Å². The van der Waals surface area contributed by atoms with Gasteiger partial charge in [-0.3, -0.25) is 4.68 Å². The van der Waals surface area contributed by atoms with Crippen molar-refractivity contribution in [1.29, 1.82) is 5.26 Å². The molecule has 1 aromatic carbocycles. The van der Waals surface area contributed by atoms with Gasteiger partial charge in [0, 0.05) is 24.8 Å². The van der Waals surface area contributed by atoms with Gasteiger partial charge < -0.3 is 10.0 Å². The average Bonchev–Trinajstić information content (AvgIpc) is 3.09. The number of rotatable bonds is 7. The van der Waals surface area contributed by atoms with E-state index in [1.54, 1.807) is 12.1 Å². The first-order valence-corrected chi connectivity index (χ1v) is 8.06. The smallest absolute Gasteiger partial charge is 0.142 e. The highest BCUT2D eigenvalue weighted by Gasteiger charge is 2.11. The topological polar surface area (TPSA) is 78.0 Å². The predicted octanol–water partition coefficient (Wildman–Crippen LogP) is 2.20. The molecule has 0 unspecified atom stereocenters. The lowest BCUT2D eigenvalue weighted by molar-refractivity contribution is 0.301. The summed E-state index contributed by atoms with van der Waals surface area (Å²) in [5.41, 5.74) is 2.57. The van der Waals surface area contributed by atoms with E-state index in [1.807, 2.05) is 52.3 Å². The Labute approximate surface area is 146 Å². The Morgan fingerprint density at radius 1 is 1.08 bits per heavy atom. The van der Waals surface area contributed by atoms with E-state index in [0.29, 0.717) is 31.1 Å². The SMILES string of the molecule is N#Cc1cccc(N(CCO)Cc2cnn(Cc3ccccc3)c2)n1. The fourth-order valence-electron chi connectivity index (χ4n) is 2.62. The Bertz CT molecular complexity index is 854. The fourth-order valence-corrected chi connectivity index (χ4v) is 2.62. The number of aromatic nitrogens is 3. The second-order valence-electron chi connectivity index (χ2n) is 5.67. The Morgan fingerprint density at radius 2 is 1.92 bits per heavy atom. The first-order chi connectivity index (χ1) is 12.3. The second-order valence-corrected chi connectivity index (χ2v) is 5.67. The molecule has 6 nitrogen and oxygen atoms in total. The Morgan fingerprint density at radius 3 is 2.68 bits per heavy atom. The van der Waals surface area contributed by atoms with E-state index >= 15 is 0 Å². The highest BCUT2D eigenvalue weighted by Crippen LogP contribution is 2.15. The number of hydrogen-bond acceptors (Lipinski definition) is 5. The lowest BCUT2D eigenvalue weighted by atomic mass is 10.2. The van der Waals surface area contributed by atoms with E-state index in [-0.39, 0.29) is 6.61 Å². The molecule has 0 saturated carbocycles. The number of nitrogens with zero attached hydrogens (tertiary/aromatic N) is 5. The number of hydrogen-bond donors (Lipinski definition) is 1. The molecule has 1 N–H and O–H groups in total. The van der Waals surface area contributed by atoms with Crippen LogP contribution in [0.5, 0.6) is 0 Å². The molecule has 0 aliphatic carbocycles. The molecule has 2 heterocycles. The van der Waals surface area contributed by atoms with Gasteiger partial charge >= 0.3 is 0 Å². The molecular formula is C19H19N5O. The van der Waals surface area contributed by atoms with Crippen molar-refractivity contribution in [3.63, 3.8) is 0 Å². The van der Waals surface area contributed by atoms with Crippen molar-refractivity contribution >= 4 is 5.82 Å². The van der Waals surface area contributed by atoms with Crippen LogP contribution in [0.1, 0.15) is 16.8 Å². The van der Waals surface area contributed by atoms with Crippen molar-refractivity contribution in [3.8, 4) is 6.07 Å². The van der Waals surface area contributed by atoms with Gasteiger partial charge in [0.05, 0.1) is 19.3 Å². The largest absolute Gasteiger partial charge is 0.395 e. The normalized spacial score (nSPS) is 10.4. The van der Waals surface area contributed by atoms with Crippen LogP contribution in [0.4, 0.5) is 5.82 Å². The summed E-state index contributed by atoms with van der Waals surface area (Å²) in [6, 6.07) is 17.5. The summed E-state index contributed by atoms with van der Waals surface area (Å²) in [6.07, 6.45) is 3.81. The summed E-state index contributed by atoms with van der Waals surface area (Å²) in [5.74, 6) is 0.670. The number of nitriles is 1. The predicted molar refractivity (Wildman–Crippen MR) is 94.9 cm³/mol. The summed E-state index contributed by atoms with van der Waals surface area (Å²) in [7, 11) is 0. The van der Waals surface area contributed by atoms with Gasteiger partial charge in [0.15, 0.2) is 0 Å². The molecular weight excluding hydrogens is 314 g/mol. The first-order valence-electron chi connectivity index (χ1n) is 8.06. The molecule has 3 rings (SSSR count). The van der Waals surface area contributed by atoms with Crippen molar-refractivity contribution in [2.45, 2.75) is 13.1 Å². The van der Waals surface area contributed by atoms with Gasteiger partial charge in [-0.05, 0) is 17.7 Å². The molecule has 6 heteroatoms. The molecule has 3 aromatic rings. The van der Waals surface area contributed by atoms with E-state index in [4.69, 9.17) is 5.26 Å². The Kier molecular flexibility index (Phi) is 5.39. The van der Waals surface area contributed by atoms with Crippen LogP contribution in [-0.4, -0.2) is 33.0 Å². The maximum Gasteiger partial charge on any atom is 0.142 e. The van der Waals surface area contributed by atoms with Crippen molar-refractivity contribution < 1.29 is 5.11 Å². The highest BCUT2D eigenvalue weighted by atomic mass is 16.3. The minimum Gasteiger partial charge on any atom is -0.395 e. The zero-order valence-electron chi connectivity index (χ0n) is 13.8. The van der Waals surface area contributed by atoms with Gasteiger partial charge in [0.2, 0.25) is 0 Å². The van der Waals surface area contributed by atoms with Crippen LogP contribution >= 0.6 is 0 Å². The quantitative estimate of drug-likeness (QED) is 0.717. The van der Waals surface area contributed by atoms with Gasteiger partial charge in [-0.2, -0.15) is 10.4 Å². The van der Waals surface area contributed by atoms with Gasteiger partial charge in [0.1, 0.15) is 17.6 Å². The Balaban J connectivity index is 1.73. The molecule has 0 radical (unpaired) electrons. The number of aliphatic hydroxyl groups excluding tert-OH is 1. The monoisotopic (exact) mass is 333 g/mol. The third-order valence-corrected chi connectivity index (χ3v) is 3.79. The maximum absolute atomic E-state index is 9.35. The molecule has 0 amide bonds. The van der Waals surface area contributed by atoms with Crippen LogP contribution in [0, 0.1) is 11.3 Å². The van der Waals surface area contributed by atoms with Crippen LogP contribution in [0.3, 0.4) is 0 Å². The first kappa shape index (κ1) is 16.7. The lowest BCUT2D eigenvalue weighted by Gasteiger charge is -2.22. The van der Waals surface area contributed by atoms with Gasteiger partial charge in [-0.1, -0.05) is 36.4 Å². The van der Waals surface area contributed by atoms with Crippen LogP contribution in [0.15, 0.2) is 60.9 Å². The molecule has 126 valence electrons. The average molecular weight is 333 g/mol. The van der Waals surface area contributed by atoms with Gasteiger partial charge in [0.25, 0.3) is 0 Å². The van der Waals surface area contributed by atoms with Crippen LogP contribution in [-0.2, 0) is 13.1 Å². The maximum atomic E-state index is 9.35. The summed E-state index contributed by atoms with van der Waals surface area (Å²) >= 11 is 0. The number of benzene rings is 1. The van der Waals surface area contributed by atoms with Gasteiger partial charge in [-0.25, -0.2) is 4.98 Å². The summed E-state index contributed by atoms with van der Waals surface area (Å²) in [4.78, 5) is 6.24. The molecule has 0 spiro atoms. The number of pyridine rings is 1. The standard InChI is InChI=1S/C19H19N5O/c20-11-18-7-4-8-19(22-18)23(9-10-25)13-17-12-21-24(15-17)14-16-5-2-1-3-6-16/h1-8,12,15,25H,9-10,13-14H2. The molecule has 0 fully saturated rings. The summed E-state index contributed by atoms with van der Waals surface area (Å²) in [6.45, 7) is 1.72. The van der Waals surface area contributed by atoms with E-state index in [1.165, 1.54) is 5.56 Å². The van der Waals surface area contributed by atoms with E-state index in [9.17, 15) is 5.11 Å². The van der Waals surface area contributed by atoms with Crippen molar-refractivity contribution in [2.75, 3.05) is 18.1 Å². The molecule has 0 saturated heterocycles. The second kappa shape index (κ2) is 8.08. The van der Waals surface area contributed by atoms with E-state index in [2.05, 4.69) is 22.2 Å². The van der Waals surface area contributed by atoms with E-state index in [0.717, 1.165) is 5.56 Å². The fraction of sp³-hybridized carbons (Fsp3) is 0.211. The third-order valence-electron chi connectivity index (χ3n) is 3.79. The molecule has 0 aliphatic heterocycles. The zero-order chi connectivity index (χ0) is 17.5. The Hall–Kier alpha value is -3.17. The molecule has 2 aromatic heterocycles. The lowest BCUT2D eigenvalue weighted by Crippen LogP contribution is -2.27. The minimum atomic E-state index is 0.0105. The molecule has 25 heavy (non-hydrogen) atoms. The minimum absolute atomic E-state index is 0.0105. The van der Waals surface area contributed by atoms with Crippen LogP contribution < -0.4 is 4.90 Å². The van der Waals surface area contributed by atoms with Crippen molar-refractivity contribution in [2.24, 2.45) is 0 Å². The summed E-state index contributed by atoms with van der Waals surface area (Å²) < 4.78 is 1.89. The van der Waals surface area contributed by atoms with Crippen LogP contribution in [0.2, 0.25) is 0 Å². The highest BCUT2D eigenvalue weighted by molar-refractivity contribution is 5.42. The van der Waals surface area contributed by atoms with E-state index < -0.39 is 0 Å². The van der Waals surface area contributed by atoms with Crippen LogP contribution in [0.25, 0.3) is 0 Å². The molecule has 0 bridgehead atoms. The molecule has 0 aliphatic rings. The van der Waals surface area contributed by atoms with Crippen molar-refractivity contribution in [1.82, 2.24) is 14.8 Å². The number of anilines is 1. The third kappa shape index (κ3) is 4.43. The number of aliphatic hydroxyl groups is 1. The zero-order valence-corrected chi connectivity index (χ0v) is 13.8. The van der Waals surface area contributed by atoms with Crippen molar-refractivity contribution in [3.05, 3.63) is 77.7 Å². The molecule has 0 atom stereocenters.